The van der Waals surface area contributed by atoms with Crippen LogP contribution in [0.25, 0.3) is 0 Å². The average molecular weight is 283 g/mol. The fraction of sp³-hybridized carbons (Fsp3) is 0.571. The smallest absolute Gasteiger partial charge is 0.151 e. The minimum Gasteiger partial charge on any atom is -0.497 e. The number of methoxy groups -OCH3 is 1. The Balaban J connectivity index is 2.02. The number of hydrogen-bond donors (Lipinski definition) is 1. The minimum absolute atomic E-state index is 0.0555. The topological polar surface area (TPSA) is 55.4 Å². The third-order valence-corrected chi connectivity index (χ3v) is 5.36. The molecule has 19 heavy (non-hydrogen) atoms. The van der Waals surface area contributed by atoms with E-state index in [0.717, 1.165) is 24.2 Å². The van der Waals surface area contributed by atoms with Gasteiger partial charge in [-0.1, -0.05) is 12.1 Å². The summed E-state index contributed by atoms with van der Waals surface area (Å²) in [7, 11) is -1.22. The SMILES string of the molecule is COc1cccc([C@H](C)NC2CCCS(=O)(=O)C2)c1. The lowest BCUT2D eigenvalue weighted by Gasteiger charge is -2.27. The quantitative estimate of drug-likeness (QED) is 0.917. The van der Waals surface area contributed by atoms with Crippen LogP contribution >= 0.6 is 0 Å². The van der Waals surface area contributed by atoms with Gasteiger partial charge in [-0.2, -0.15) is 0 Å². The molecule has 0 radical (unpaired) electrons. The Kier molecular flexibility index (Phi) is 4.47. The molecule has 4 nitrogen and oxygen atoms in total. The van der Waals surface area contributed by atoms with Gasteiger partial charge in [0.15, 0.2) is 9.84 Å². The molecule has 2 atom stereocenters. The third-order valence-electron chi connectivity index (χ3n) is 3.54. The molecule has 1 aliphatic rings. The summed E-state index contributed by atoms with van der Waals surface area (Å²) in [6, 6.07) is 8.03. The first-order valence-corrected chi connectivity index (χ1v) is 8.43. The van der Waals surface area contributed by atoms with Crippen molar-refractivity contribution in [3.63, 3.8) is 0 Å². The summed E-state index contributed by atoms with van der Waals surface area (Å²) in [6.07, 6.45) is 1.68. The molecule has 0 spiro atoms. The van der Waals surface area contributed by atoms with Crippen molar-refractivity contribution in [3.05, 3.63) is 29.8 Å². The maximum Gasteiger partial charge on any atom is 0.151 e. The number of hydrogen-bond acceptors (Lipinski definition) is 4. The second-order valence-corrected chi connectivity index (χ2v) is 7.35. The molecule has 0 bridgehead atoms. The predicted octanol–water partition coefficient (Wildman–Crippen LogP) is 1.92. The van der Waals surface area contributed by atoms with Crippen LogP contribution in [0.3, 0.4) is 0 Å². The molecular weight excluding hydrogens is 262 g/mol. The molecule has 0 aromatic heterocycles. The van der Waals surface area contributed by atoms with Gasteiger partial charge in [-0.05, 0) is 37.5 Å². The Morgan fingerprint density at radius 2 is 2.21 bits per heavy atom. The maximum atomic E-state index is 11.6. The van der Waals surface area contributed by atoms with E-state index in [9.17, 15) is 8.42 Å². The average Bonchev–Trinajstić information content (AvgIpc) is 2.37. The van der Waals surface area contributed by atoms with Gasteiger partial charge >= 0.3 is 0 Å². The highest BCUT2D eigenvalue weighted by Gasteiger charge is 2.25. The number of rotatable bonds is 4. The number of nitrogens with one attached hydrogen (secondary N) is 1. The van der Waals surface area contributed by atoms with E-state index in [1.54, 1.807) is 7.11 Å². The van der Waals surface area contributed by atoms with E-state index in [0.29, 0.717) is 5.75 Å². The van der Waals surface area contributed by atoms with Crippen LogP contribution in [0.15, 0.2) is 24.3 Å². The first kappa shape index (κ1) is 14.3. The van der Waals surface area contributed by atoms with E-state index in [4.69, 9.17) is 4.74 Å². The lowest BCUT2D eigenvalue weighted by molar-refractivity contribution is 0.410. The largest absolute Gasteiger partial charge is 0.497 e. The van der Waals surface area contributed by atoms with Gasteiger partial charge in [-0.25, -0.2) is 8.42 Å². The summed E-state index contributed by atoms with van der Waals surface area (Å²) in [6.45, 7) is 2.05. The molecule has 1 heterocycles. The molecule has 106 valence electrons. The van der Waals surface area contributed by atoms with Crippen LogP contribution in [0, 0.1) is 0 Å². The molecule has 0 saturated carbocycles. The second-order valence-electron chi connectivity index (χ2n) is 5.12. The molecule has 1 saturated heterocycles. The highest BCUT2D eigenvalue weighted by molar-refractivity contribution is 7.91. The predicted molar refractivity (Wildman–Crippen MR) is 76.2 cm³/mol. The Morgan fingerprint density at radius 1 is 1.42 bits per heavy atom. The van der Waals surface area contributed by atoms with Gasteiger partial charge in [0, 0.05) is 12.1 Å². The van der Waals surface area contributed by atoms with E-state index < -0.39 is 9.84 Å². The van der Waals surface area contributed by atoms with Crippen molar-refractivity contribution in [1.82, 2.24) is 5.32 Å². The highest BCUT2D eigenvalue weighted by Crippen LogP contribution is 2.21. The van der Waals surface area contributed by atoms with Crippen molar-refractivity contribution in [3.8, 4) is 5.75 Å². The van der Waals surface area contributed by atoms with Gasteiger partial charge in [0.25, 0.3) is 0 Å². The molecular formula is C14H21NO3S. The zero-order valence-electron chi connectivity index (χ0n) is 11.4. The molecule has 0 aliphatic carbocycles. The Hall–Kier alpha value is -1.07. The molecule has 1 aromatic carbocycles. The van der Waals surface area contributed by atoms with Crippen molar-refractivity contribution in [2.75, 3.05) is 18.6 Å². The number of sulfone groups is 1. The van der Waals surface area contributed by atoms with E-state index >= 15 is 0 Å². The molecule has 1 N–H and O–H groups in total. The van der Waals surface area contributed by atoms with Crippen LogP contribution in [-0.2, 0) is 9.84 Å². The van der Waals surface area contributed by atoms with Crippen LogP contribution in [0.1, 0.15) is 31.4 Å². The first-order valence-electron chi connectivity index (χ1n) is 6.60. The van der Waals surface area contributed by atoms with Crippen molar-refractivity contribution >= 4 is 9.84 Å². The normalized spacial score (nSPS) is 23.8. The first-order chi connectivity index (χ1) is 9.00. The summed E-state index contributed by atoms with van der Waals surface area (Å²) in [5, 5.41) is 3.41. The molecule has 1 unspecified atom stereocenters. The monoisotopic (exact) mass is 283 g/mol. The van der Waals surface area contributed by atoms with E-state index in [-0.39, 0.29) is 17.8 Å². The van der Waals surface area contributed by atoms with Crippen LogP contribution in [-0.4, -0.2) is 33.1 Å². The zero-order chi connectivity index (χ0) is 13.9. The van der Waals surface area contributed by atoms with Gasteiger partial charge in [-0.3, -0.25) is 0 Å². The third kappa shape index (κ3) is 3.94. The van der Waals surface area contributed by atoms with Crippen molar-refractivity contribution in [2.24, 2.45) is 0 Å². The fourth-order valence-corrected chi connectivity index (χ4v) is 4.16. The van der Waals surface area contributed by atoms with E-state index in [2.05, 4.69) is 12.2 Å². The summed E-state index contributed by atoms with van der Waals surface area (Å²) < 4.78 is 28.4. The minimum atomic E-state index is -2.86. The van der Waals surface area contributed by atoms with Crippen LogP contribution in [0.5, 0.6) is 5.75 Å². The van der Waals surface area contributed by atoms with Gasteiger partial charge in [0.1, 0.15) is 5.75 Å². The van der Waals surface area contributed by atoms with Gasteiger partial charge in [0.05, 0.1) is 18.6 Å². The van der Waals surface area contributed by atoms with Crippen LogP contribution in [0.4, 0.5) is 0 Å². The zero-order valence-corrected chi connectivity index (χ0v) is 12.2. The molecule has 0 amide bonds. The molecule has 1 fully saturated rings. The van der Waals surface area contributed by atoms with Gasteiger partial charge in [-0.15, -0.1) is 0 Å². The highest BCUT2D eigenvalue weighted by atomic mass is 32.2. The lowest BCUT2D eigenvalue weighted by atomic mass is 10.1. The lowest BCUT2D eigenvalue weighted by Crippen LogP contribution is -2.41. The summed E-state index contributed by atoms with van der Waals surface area (Å²) >= 11 is 0. The van der Waals surface area contributed by atoms with Crippen molar-refractivity contribution in [1.29, 1.82) is 0 Å². The summed E-state index contributed by atoms with van der Waals surface area (Å²) in [5.74, 6) is 1.41. The van der Waals surface area contributed by atoms with Crippen molar-refractivity contribution < 1.29 is 13.2 Å². The Labute approximate surface area is 115 Å². The van der Waals surface area contributed by atoms with Gasteiger partial charge < -0.3 is 10.1 Å². The molecule has 5 heteroatoms. The molecule has 1 aliphatic heterocycles. The van der Waals surface area contributed by atoms with E-state index in [1.165, 1.54) is 0 Å². The summed E-state index contributed by atoms with van der Waals surface area (Å²) in [4.78, 5) is 0. The standard InChI is InChI=1S/C14H21NO3S/c1-11(12-5-3-7-14(9-12)18-2)15-13-6-4-8-19(16,17)10-13/h3,5,7,9,11,13,15H,4,6,8,10H2,1-2H3/t11-,13?/m0/s1. The fourth-order valence-electron chi connectivity index (χ4n) is 2.51. The van der Waals surface area contributed by atoms with Crippen LogP contribution in [0.2, 0.25) is 0 Å². The second kappa shape index (κ2) is 5.92. The Bertz CT molecular complexity index is 527. The van der Waals surface area contributed by atoms with Crippen LogP contribution < -0.4 is 10.1 Å². The number of benzene rings is 1. The van der Waals surface area contributed by atoms with Gasteiger partial charge in [0.2, 0.25) is 0 Å². The van der Waals surface area contributed by atoms with Crippen molar-refractivity contribution in [2.45, 2.75) is 31.8 Å². The molecule has 1 aromatic rings. The Morgan fingerprint density at radius 3 is 2.89 bits per heavy atom. The number of ether oxygens (including phenoxy) is 1. The van der Waals surface area contributed by atoms with E-state index in [1.807, 2.05) is 24.3 Å². The molecule has 2 rings (SSSR count). The maximum absolute atomic E-state index is 11.6. The summed E-state index contributed by atoms with van der Waals surface area (Å²) in [5.41, 5.74) is 1.11.